The Morgan fingerprint density at radius 3 is 2.35 bits per heavy atom. The summed E-state index contributed by atoms with van der Waals surface area (Å²) < 4.78 is 27.0. The minimum atomic E-state index is -3.57. The molecule has 0 saturated carbocycles. The van der Waals surface area contributed by atoms with Crippen LogP contribution in [0.4, 0.5) is 5.69 Å². The first-order valence-electron chi connectivity index (χ1n) is 8.98. The number of sulfone groups is 1. The van der Waals surface area contributed by atoms with Crippen molar-refractivity contribution < 1.29 is 13.2 Å². The van der Waals surface area contributed by atoms with Crippen LogP contribution in [0.1, 0.15) is 12.7 Å². The maximum Gasteiger partial charge on any atom is 0.234 e. The van der Waals surface area contributed by atoms with E-state index in [1.165, 1.54) is 24.3 Å². The maximum atomic E-state index is 12.6. The van der Waals surface area contributed by atoms with Gasteiger partial charge in [0, 0.05) is 11.6 Å². The third kappa shape index (κ3) is 5.93. The summed E-state index contributed by atoms with van der Waals surface area (Å²) in [6.45, 7) is 2.30. The fourth-order valence-electron chi connectivity index (χ4n) is 2.70. The van der Waals surface area contributed by atoms with Crippen LogP contribution in [0.15, 0.2) is 52.5 Å². The highest BCUT2D eigenvalue weighted by molar-refractivity contribution is 7.99. The number of anilines is 1. The highest BCUT2D eigenvalue weighted by Gasteiger charge is 2.21. The van der Waals surface area contributed by atoms with Crippen LogP contribution in [-0.4, -0.2) is 34.8 Å². The van der Waals surface area contributed by atoms with Crippen molar-refractivity contribution in [2.24, 2.45) is 0 Å². The van der Waals surface area contributed by atoms with Crippen LogP contribution in [0.2, 0.25) is 15.1 Å². The molecule has 0 fully saturated rings. The van der Waals surface area contributed by atoms with Gasteiger partial charge in [-0.15, -0.1) is 10.2 Å². The molecular weight excluding hydrogens is 503 g/mol. The van der Waals surface area contributed by atoms with Gasteiger partial charge in [-0.3, -0.25) is 4.79 Å². The van der Waals surface area contributed by atoms with Crippen molar-refractivity contribution in [1.82, 2.24) is 14.8 Å². The number of halogens is 3. The van der Waals surface area contributed by atoms with Crippen LogP contribution in [0, 0.1) is 0 Å². The van der Waals surface area contributed by atoms with Crippen LogP contribution < -0.4 is 5.32 Å². The summed E-state index contributed by atoms with van der Waals surface area (Å²) in [4.78, 5) is 12.6. The number of rotatable bonds is 8. The Balaban J connectivity index is 1.69. The molecular formula is C19H17Cl3N4O3S2. The van der Waals surface area contributed by atoms with Gasteiger partial charge >= 0.3 is 0 Å². The highest BCUT2D eigenvalue weighted by Crippen LogP contribution is 2.34. The van der Waals surface area contributed by atoms with Crippen molar-refractivity contribution in [3.8, 4) is 0 Å². The molecule has 12 heteroatoms. The molecule has 7 nitrogen and oxygen atoms in total. The van der Waals surface area contributed by atoms with E-state index in [1.807, 2.05) is 6.92 Å². The summed E-state index contributed by atoms with van der Waals surface area (Å²) in [6.07, 6.45) is 0. The van der Waals surface area contributed by atoms with Gasteiger partial charge in [-0.25, -0.2) is 8.42 Å². The number of amides is 1. The first-order valence-corrected chi connectivity index (χ1v) is 12.8. The van der Waals surface area contributed by atoms with E-state index in [0.29, 0.717) is 22.5 Å². The zero-order valence-corrected chi connectivity index (χ0v) is 20.1. The molecule has 164 valence electrons. The molecule has 0 atom stereocenters. The summed E-state index contributed by atoms with van der Waals surface area (Å²) in [6, 6.07) is 11.1. The molecule has 0 aliphatic carbocycles. The molecule has 1 amide bonds. The molecule has 1 heterocycles. The van der Waals surface area contributed by atoms with Gasteiger partial charge in [-0.05, 0) is 31.2 Å². The number of nitrogens with zero attached hydrogens (tertiary/aromatic N) is 3. The minimum absolute atomic E-state index is 0.00114. The average Bonchev–Trinajstić information content (AvgIpc) is 3.10. The van der Waals surface area contributed by atoms with E-state index in [9.17, 15) is 13.2 Å². The van der Waals surface area contributed by atoms with Crippen molar-refractivity contribution in [2.45, 2.75) is 29.3 Å². The van der Waals surface area contributed by atoms with Crippen molar-refractivity contribution >= 4 is 68.0 Å². The third-order valence-electron chi connectivity index (χ3n) is 4.13. The molecule has 0 spiro atoms. The number of carbonyl (C=O) groups excluding carboxylic acids is 1. The lowest BCUT2D eigenvalue weighted by molar-refractivity contribution is -0.113. The summed E-state index contributed by atoms with van der Waals surface area (Å²) in [5, 5.41) is 12.0. The minimum Gasteiger partial charge on any atom is -0.323 e. The Morgan fingerprint density at radius 2 is 1.74 bits per heavy atom. The number of hydrogen-bond acceptors (Lipinski definition) is 6. The highest BCUT2D eigenvalue weighted by atomic mass is 35.5. The average molecular weight is 520 g/mol. The van der Waals surface area contributed by atoms with E-state index in [4.69, 9.17) is 34.8 Å². The number of nitrogens with one attached hydrogen (secondary N) is 1. The first kappa shape index (κ1) is 23.9. The smallest absolute Gasteiger partial charge is 0.234 e. The second kappa shape index (κ2) is 10.2. The van der Waals surface area contributed by atoms with Crippen LogP contribution >= 0.6 is 46.6 Å². The Hall–Kier alpha value is -1.78. The van der Waals surface area contributed by atoms with Gasteiger partial charge in [0.05, 0.1) is 26.4 Å². The largest absolute Gasteiger partial charge is 0.323 e. The molecule has 1 aromatic heterocycles. The van der Waals surface area contributed by atoms with Crippen LogP contribution in [0.5, 0.6) is 0 Å². The summed E-state index contributed by atoms with van der Waals surface area (Å²) in [5.74, 6) is -0.349. The molecule has 0 saturated heterocycles. The van der Waals surface area contributed by atoms with Gasteiger partial charge < -0.3 is 9.88 Å². The van der Waals surface area contributed by atoms with Gasteiger partial charge in [-0.1, -0.05) is 64.8 Å². The van der Waals surface area contributed by atoms with Crippen LogP contribution in [0.3, 0.4) is 0 Å². The van der Waals surface area contributed by atoms with E-state index in [0.717, 1.165) is 11.8 Å². The first-order chi connectivity index (χ1) is 14.7. The summed E-state index contributed by atoms with van der Waals surface area (Å²) in [5.41, 5.74) is 0.268. The number of aromatic nitrogens is 3. The Morgan fingerprint density at radius 1 is 1.10 bits per heavy atom. The predicted molar refractivity (Wildman–Crippen MR) is 124 cm³/mol. The lowest BCUT2D eigenvalue weighted by Crippen LogP contribution is -2.16. The van der Waals surface area contributed by atoms with Crippen molar-refractivity contribution in [2.75, 3.05) is 11.1 Å². The topological polar surface area (TPSA) is 93.9 Å². The normalized spacial score (nSPS) is 11.5. The molecule has 2 aromatic carbocycles. The van der Waals surface area contributed by atoms with Gasteiger partial charge in [0.25, 0.3) is 0 Å². The second-order valence-electron chi connectivity index (χ2n) is 6.30. The molecule has 3 rings (SSSR count). The predicted octanol–water partition coefficient (Wildman–Crippen LogP) is 4.96. The van der Waals surface area contributed by atoms with Crippen molar-refractivity contribution in [3.63, 3.8) is 0 Å². The maximum absolute atomic E-state index is 12.6. The van der Waals surface area contributed by atoms with E-state index in [-0.39, 0.29) is 38.0 Å². The van der Waals surface area contributed by atoms with Gasteiger partial charge in [0.2, 0.25) is 5.91 Å². The zero-order valence-electron chi connectivity index (χ0n) is 16.2. The lowest BCUT2D eigenvalue weighted by atomic mass is 10.3. The molecule has 0 radical (unpaired) electrons. The fourth-order valence-corrected chi connectivity index (χ4v) is 5.72. The van der Waals surface area contributed by atoms with E-state index in [2.05, 4.69) is 15.5 Å². The second-order valence-corrected chi connectivity index (χ2v) is 10.5. The summed E-state index contributed by atoms with van der Waals surface area (Å²) >= 11 is 19.2. The molecule has 31 heavy (non-hydrogen) atoms. The third-order valence-corrected chi connectivity index (χ3v) is 7.54. The Kier molecular flexibility index (Phi) is 7.87. The van der Waals surface area contributed by atoms with E-state index in [1.54, 1.807) is 22.8 Å². The number of carbonyl (C=O) groups is 1. The molecule has 0 aliphatic heterocycles. The SMILES string of the molecule is CCn1c(CS(=O)(=O)c2ccccc2)nnc1SCC(=O)Nc1c(Cl)cc(Cl)cc1Cl. The van der Waals surface area contributed by atoms with Gasteiger partial charge in [0.1, 0.15) is 11.6 Å². The monoisotopic (exact) mass is 518 g/mol. The quantitative estimate of drug-likeness (QED) is 0.423. The number of benzene rings is 2. The van der Waals surface area contributed by atoms with Gasteiger partial charge in [-0.2, -0.15) is 0 Å². The van der Waals surface area contributed by atoms with E-state index >= 15 is 0 Å². The Bertz CT molecular complexity index is 1180. The molecule has 1 N–H and O–H groups in total. The van der Waals surface area contributed by atoms with Crippen molar-refractivity contribution in [3.05, 3.63) is 63.4 Å². The Labute approximate surface area is 199 Å². The molecule has 0 unspecified atom stereocenters. The van der Waals surface area contributed by atoms with Crippen molar-refractivity contribution in [1.29, 1.82) is 0 Å². The number of hydrogen-bond donors (Lipinski definition) is 1. The fraction of sp³-hybridized carbons (Fsp3) is 0.211. The molecule has 0 aliphatic rings. The zero-order chi connectivity index (χ0) is 22.6. The summed E-state index contributed by atoms with van der Waals surface area (Å²) in [7, 11) is -3.57. The lowest BCUT2D eigenvalue weighted by Gasteiger charge is -2.10. The van der Waals surface area contributed by atoms with Gasteiger partial charge in [0.15, 0.2) is 15.0 Å². The van der Waals surface area contributed by atoms with Crippen LogP contribution in [-0.2, 0) is 26.9 Å². The van der Waals surface area contributed by atoms with Crippen LogP contribution in [0.25, 0.3) is 0 Å². The van der Waals surface area contributed by atoms with E-state index < -0.39 is 9.84 Å². The molecule has 3 aromatic rings. The number of thioether (sulfide) groups is 1. The standard InChI is InChI=1S/C19H17Cl3N4O3S2/c1-2-26-16(11-31(28,29)13-6-4-3-5-7-13)24-25-19(26)30-10-17(27)23-18-14(21)8-12(20)9-15(18)22/h3-9H,2,10-11H2,1H3,(H,23,27). The molecule has 0 bridgehead atoms.